The zero-order valence-corrected chi connectivity index (χ0v) is 15.4. The largest absolute Gasteiger partial charge is 0.345 e. The van der Waals surface area contributed by atoms with Crippen molar-refractivity contribution in [3.63, 3.8) is 0 Å². The van der Waals surface area contributed by atoms with Crippen molar-refractivity contribution in [3.8, 4) is 0 Å². The third kappa shape index (κ3) is 3.74. The minimum Gasteiger partial charge on any atom is -0.345 e. The third-order valence-corrected chi connectivity index (χ3v) is 6.62. The fourth-order valence-corrected chi connectivity index (χ4v) is 5.54. The van der Waals surface area contributed by atoms with Crippen LogP contribution in [0.15, 0.2) is 13.6 Å². The van der Waals surface area contributed by atoms with Crippen LogP contribution in [0.25, 0.3) is 0 Å². The summed E-state index contributed by atoms with van der Waals surface area (Å²) in [6, 6.07) is 1.84. The van der Waals surface area contributed by atoms with Gasteiger partial charge in [-0.25, -0.2) is 0 Å². The molecule has 0 bridgehead atoms. The number of nitrogens with one attached hydrogen (secondary N) is 1. The number of rotatable bonds is 3. The van der Waals surface area contributed by atoms with Gasteiger partial charge in [-0.2, -0.15) is 0 Å². The number of amides is 1. The molecule has 2 rings (SSSR count). The predicted molar refractivity (Wildman–Crippen MR) is 88.3 cm³/mol. The molecule has 1 heterocycles. The summed E-state index contributed by atoms with van der Waals surface area (Å²) >= 11 is 14.5. The second-order valence-electron chi connectivity index (χ2n) is 5.29. The molecular weight excluding hydrogens is 413 g/mol. The molecule has 1 aliphatic carbocycles. The number of halogens is 3. The molecule has 0 aliphatic heterocycles. The van der Waals surface area contributed by atoms with Crippen molar-refractivity contribution >= 4 is 60.7 Å². The molecule has 19 heavy (non-hydrogen) atoms. The Labute approximate surface area is 139 Å². The van der Waals surface area contributed by atoms with Gasteiger partial charge in [-0.15, -0.1) is 22.9 Å². The minimum atomic E-state index is -0.237. The normalized spacial score (nSPS) is 27.3. The van der Waals surface area contributed by atoms with Gasteiger partial charge in [0.2, 0.25) is 0 Å². The molecule has 2 nitrogen and oxygen atoms in total. The first-order valence-corrected chi connectivity index (χ1v) is 9.23. The molecule has 1 aromatic rings. The first kappa shape index (κ1) is 15.8. The first-order chi connectivity index (χ1) is 8.96. The lowest BCUT2D eigenvalue weighted by atomic mass is 9.78. The maximum absolute atomic E-state index is 12.4. The number of carbonyl (C=O) groups excluding carboxylic acids is 1. The molecule has 0 radical (unpaired) electrons. The van der Waals surface area contributed by atoms with E-state index in [-0.39, 0.29) is 11.4 Å². The van der Waals surface area contributed by atoms with Crippen molar-refractivity contribution in [1.82, 2.24) is 5.32 Å². The van der Waals surface area contributed by atoms with E-state index in [2.05, 4.69) is 44.1 Å². The quantitative estimate of drug-likeness (QED) is 0.658. The maximum Gasteiger partial charge on any atom is 0.253 e. The third-order valence-electron chi connectivity index (χ3n) is 3.77. The van der Waals surface area contributed by atoms with Crippen molar-refractivity contribution in [1.29, 1.82) is 0 Å². The highest BCUT2D eigenvalue weighted by molar-refractivity contribution is 9.12. The number of hydrogen-bond acceptors (Lipinski definition) is 2. The summed E-state index contributed by atoms with van der Waals surface area (Å²) in [5.41, 5.74) is 0.443. The zero-order valence-electron chi connectivity index (χ0n) is 10.6. The van der Waals surface area contributed by atoms with Crippen LogP contribution in [0.2, 0.25) is 0 Å². The SMILES string of the molecule is CC1CCC(CCl)(NC(=O)c2cc(Br)sc2Br)CC1. The number of thiophene rings is 1. The monoisotopic (exact) mass is 427 g/mol. The van der Waals surface area contributed by atoms with E-state index in [1.54, 1.807) is 0 Å². The van der Waals surface area contributed by atoms with Gasteiger partial charge in [-0.3, -0.25) is 4.79 Å². The van der Waals surface area contributed by atoms with Gasteiger partial charge in [0, 0.05) is 5.88 Å². The minimum absolute atomic E-state index is 0.0379. The van der Waals surface area contributed by atoms with Gasteiger partial charge in [-0.05, 0) is 69.5 Å². The maximum atomic E-state index is 12.4. The van der Waals surface area contributed by atoms with E-state index in [0.29, 0.717) is 11.4 Å². The van der Waals surface area contributed by atoms with Crippen LogP contribution in [0.4, 0.5) is 0 Å². The summed E-state index contributed by atoms with van der Waals surface area (Å²) in [5, 5.41) is 3.16. The Hall–Kier alpha value is 0.420. The Morgan fingerprint density at radius 2 is 2.16 bits per heavy atom. The van der Waals surface area contributed by atoms with Gasteiger partial charge in [-0.1, -0.05) is 6.92 Å². The summed E-state index contributed by atoms with van der Waals surface area (Å²) in [6.07, 6.45) is 4.18. The fourth-order valence-electron chi connectivity index (χ4n) is 2.41. The Bertz CT molecular complexity index is 469. The summed E-state index contributed by atoms with van der Waals surface area (Å²) in [6.45, 7) is 2.26. The highest BCUT2D eigenvalue weighted by atomic mass is 79.9. The highest BCUT2D eigenvalue weighted by Gasteiger charge is 2.35. The van der Waals surface area contributed by atoms with Crippen LogP contribution in [0.3, 0.4) is 0 Å². The number of carbonyl (C=O) groups is 1. The lowest BCUT2D eigenvalue weighted by molar-refractivity contribution is 0.0872. The topological polar surface area (TPSA) is 29.1 Å². The summed E-state index contributed by atoms with van der Waals surface area (Å²) in [7, 11) is 0. The molecule has 0 saturated heterocycles. The second-order valence-corrected chi connectivity index (χ2v) is 9.31. The molecule has 1 fully saturated rings. The second kappa shape index (κ2) is 6.46. The van der Waals surface area contributed by atoms with Crippen LogP contribution in [-0.2, 0) is 0 Å². The van der Waals surface area contributed by atoms with Crippen molar-refractivity contribution in [2.75, 3.05) is 5.88 Å². The number of hydrogen-bond donors (Lipinski definition) is 1. The Morgan fingerprint density at radius 3 is 2.63 bits per heavy atom. The van der Waals surface area contributed by atoms with Crippen LogP contribution in [0.1, 0.15) is 43.0 Å². The van der Waals surface area contributed by atoms with Gasteiger partial charge in [0.1, 0.15) is 0 Å². The smallest absolute Gasteiger partial charge is 0.253 e. The van der Waals surface area contributed by atoms with Crippen LogP contribution in [0.5, 0.6) is 0 Å². The van der Waals surface area contributed by atoms with Gasteiger partial charge in [0.25, 0.3) is 5.91 Å². The first-order valence-electron chi connectivity index (χ1n) is 6.29. The van der Waals surface area contributed by atoms with Gasteiger partial charge < -0.3 is 5.32 Å². The van der Waals surface area contributed by atoms with E-state index in [0.717, 1.165) is 39.2 Å². The van der Waals surface area contributed by atoms with Crippen molar-refractivity contribution in [2.45, 2.75) is 38.1 Å². The molecule has 0 spiro atoms. The standard InChI is InChI=1S/C13H16Br2ClNOS/c1-8-2-4-13(7-16,5-3-8)17-12(18)9-6-10(14)19-11(9)15/h6,8H,2-5,7H2,1H3,(H,17,18). The van der Waals surface area contributed by atoms with E-state index >= 15 is 0 Å². The van der Waals surface area contributed by atoms with Crippen LogP contribution < -0.4 is 5.32 Å². The van der Waals surface area contributed by atoms with Crippen LogP contribution >= 0.6 is 54.8 Å². The Balaban J connectivity index is 2.10. The fraction of sp³-hybridized carbons (Fsp3) is 0.615. The molecule has 1 amide bonds. The Kier molecular flexibility index (Phi) is 5.37. The van der Waals surface area contributed by atoms with Crippen molar-refractivity contribution < 1.29 is 4.79 Å². The van der Waals surface area contributed by atoms with E-state index in [1.165, 1.54) is 11.3 Å². The summed E-state index contributed by atoms with van der Waals surface area (Å²) in [5.74, 6) is 1.17. The van der Waals surface area contributed by atoms with Gasteiger partial charge in [0.05, 0.1) is 18.7 Å². The van der Waals surface area contributed by atoms with Crippen molar-refractivity contribution in [2.24, 2.45) is 5.92 Å². The number of alkyl halides is 1. The lowest BCUT2D eigenvalue weighted by Gasteiger charge is -2.38. The zero-order chi connectivity index (χ0) is 14.0. The summed E-state index contributed by atoms with van der Waals surface area (Å²) < 4.78 is 1.80. The Morgan fingerprint density at radius 1 is 1.53 bits per heavy atom. The molecule has 1 N–H and O–H groups in total. The van der Waals surface area contributed by atoms with Gasteiger partial charge >= 0.3 is 0 Å². The van der Waals surface area contributed by atoms with E-state index in [9.17, 15) is 4.79 Å². The van der Waals surface area contributed by atoms with E-state index < -0.39 is 0 Å². The highest BCUT2D eigenvalue weighted by Crippen LogP contribution is 2.35. The van der Waals surface area contributed by atoms with E-state index in [4.69, 9.17) is 11.6 Å². The average Bonchev–Trinajstić information content (AvgIpc) is 2.72. The predicted octanol–water partition coefficient (Wildman–Crippen LogP) is 5.19. The molecule has 1 aromatic heterocycles. The molecule has 6 heteroatoms. The summed E-state index contributed by atoms with van der Waals surface area (Å²) in [4.78, 5) is 12.4. The molecule has 0 aromatic carbocycles. The molecule has 106 valence electrons. The van der Waals surface area contributed by atoms with Crippen LogP contribution in [-0.4, -0.2) is 17.3 Å². The molecule has 0 unspecified atom stereocenters. The lowest BCUT2D eigenvalue weighted by Crippen LogP contribution is -2.52. The average molecular weight is 430 g/mol. The molecule has 0 atom stereocenters. The van der Waals surface area contributed by atoms with Gasteiger partial charge in [0.15, 0.2) is 0 Å². The van der Waals surface area contributed by atoms with Crippen LogP contribution in [0, 0.1) is 5.92 Å². The molecular formula is C13H16Br2ClNOS. The van der Waals surface area contributed by atoms with Crippen molar-refractivity contribution in [3.05, 3.63) is 19.2 Å². The molecule has 1 aliphatic rings. The van der Waals surface area contributed by atoms with E-state index in [1.807, 2.05) is 6.07 Å². The molecule has 1 saturated carbocycles.